The van der Waals surface area contributed by atoms with E-state index in [0.29, 0.717) is 51.6 Å². The van der Waals surface area contributed by atoms with Crippen LogP contribution >= 0.6 is 0 Å². The molecule has 0 atom stereocenters. The molecule has 3 heterocycles. The van der Waals surface area contributed by atoms with E-state index in [1.165, 1.54) is 94.6 Å². The summed E-state index contributed by atoms with van der Waals surface area (Å²) in [4.78, 5) is 59.9. The maximum Gasteiger partial charge on any atom is 0.262 e. The van der Waals surface area contributed by atoms with E-state index in [-0.39, 0.29) is 22.3 Å². The zero-order valence-electron chi connectivity index (χ0n) is 46.0. The van der Waals surface area contributed by atoms with E-state index in [1.54, 1.807) is 12.1 Å². The van der Waals surface area contributed by atoms with Crippen molar-refractivity contribution in [2.24, 2.45) is 0 Å². The standard InChI is InChI=1S/C65H83N3O4/c1-12-15-17-19-21-22-23-24-25-26-27-28-30-31-36-67-58-46(33-14-3)39-48(64(5,6)7)42-50(58)51-43-49(65(8,9)10)40-47(59(51)67)35-34-45-41-53-56-54(63(72)68(61(53)70)37-32-29-20-18-16-13-2)44(4)38-52-57(56)55(45)62(71)66(11)60(52)69/h38-43H,12-13,15-32,36-37H2,1-11H3. The molecule has 0 radical (unpaired) electrons. The molecule has 2 aliphatic rings. The molecule has 382 valence electrons. The van der Waals surface area contributed by atoms with Gasteiger partial charge in [0.05, 0.1) is 22.2 Å². The Morgan fingerprint density at radius 2 is 0.889 bits per heavy atom. The van der Waals surface area contributed by atoms with Crippen LogP contribution in [-0.4, -0.2) is 51.6 Å². The number of unbranched alkanes of at least 4 members (excludes halogenated alkanes) is 18. The fourth-order valence-corrected chi connectivity index (χ4v) is 11.2. The maximum atomic E-state index is 14.7. The van der Waals surface area contributed by atoms with E-state index in [4.69, 9.17) is 0 Å². The van der Waals surface area contributed by atoms with Crippen molar-refractivity contribution in [3.05, 3.63) is 92.0 Å². The molecule has 7 rings (SSSR count). The highest BCUT2D eigenvalue weighted by Gasteiger charge is 2.41. The molecule has 4 amide bonds. The molecular weight excluding hydrogens is 887 g/mol. The Bertz CT molecular complexity index is 3000. The number of amides is 4. The summed E-state index contributed by atoms with van der Waals surface area (Å²) < 4.78 is 2.46. The van der Waals surface area contributed by atoms with Crippen LogP contribution < -0.4 is 0 Å². The number of benzene rings is 4. The van der Waals surface area contributed by atoms with Crippen molar-refractivity contribution in [2.45, 2.75) is 215 Å². The number of aryl methyl sites for hydroxylation is 2. The molecule has 4 aromatic carbocycles. The van der Waals surface area contributed by atoms with E-state index >= 15 is 0 Å². The van der Waals surface area contributed by atoms with Crippen molar-refractivity contribution in [1.29, 1.82) is 0 Å². The summed E-state index contributed by atoms with van der Waals surface area (Å²) in [6.07, 6.45) is 24.2. The number of imide groups is 2. The lowest BCUT2D eigenvalue weighted by Crippen LogP contribution is -2.43. The number of aromatic nitrogens is 1. The molecule has 7 nitrogen and oxygen atoms in total. The first-order valence-corrected chi connectivity index (χ1v) is 27.9. The number of carbonyl (C=O) groups excluding carboxylic acids is 4. The molecule has 1 aromatic heterocycles. The highest BCUT2D eigenvalue weighted by Crippen LogP contribution is 2.43. The maximum absolute atomic E-state index is 14.7. The molecule has 7 heteroatoms. The van der Waals surface area contributed by atoms with Gasteiger partial charge in [0.25, 0.3) is 23.6 Å². The highest BCUT2D eigenvalue weighted by molar-refractivity contribution is 6.34. The first kappa shape index (κ1) is 54.1. The topological polar surface area (TPSA) is 79.7 Å². The highest BCUT2D eigenvalue weighted by atomic mass is 16.2. The van der Waals surface area contributed by atoms with Crippen molar-refractivity contribution >= 4 is 56.2 Å². The average molecular weight is 970 g/mol. The van der Waals surface area contributed by atoms with Crippen LogP contribution in [0.3, 0.4) is 0 Å². The van der Waals surface area contributed by atoms with Gasteiger partial charge >= 0.3 is 0 Å². The molecular formula is C65H83N3O4. The minimum Gasteiger partial charge on any atom is -0.338 e. The monoisotopic (exact) mass is 970 g/mol. The van der Waals surface area contributed by atoms with Crippen molar-refractivity contribution in [3.8, 4) is 23.7 Å². The van der Waals surface area contributed by atoms with Gasteiger partial charge in [-0.15, -0.1) is 5.92 Å². The smallest absolute Gasteiger partial charge is 0.262 e. The van der Waals surface area contributed by atoms with E-state index in [2.05, 4.69) is 108 Å². The molecule has 0 saturated carbocycles. The number of nitrogens with zero attached hydrogens (tertiary/aromatic N) is 3. The van der Waals surface area contributed by atoms with Crippen molar-refractivity contribution < 1.29 is 19.2 Å². The van der Waals surface area contributed by atoms with E-state index in [0.717, 1.165) is 94.9 Å². The Kier molecular flexibility index (Phi) is 17.6. The number of carbonyl (C=O) groups is 4. The van der Waals surface area contributed by atoms with Gasteiger partial charge in [0.15, 0.2) is 0 Å². The Morgan fingerprint density at radius 3 is 1.38 bits per heavy atom. The third-order valence-corrected chi connectivity index (χ3v) is 15.4. The SMILES string of the molecule is CC#Cc1cc(C(C)(C)C)cc2c3cc(C(C)(C)C)cc(C#Cc4cc5c6c(c(C)cc7c6c4C(=O)N(C)C7=O)C(=O)N(CCCCCCCC)C5=O)c3n(CCCCCCCCCCCCCCCC)c12. The lowest BCUT2D eigenvalue weighted by atomic mass is 9.81. The quantitative estimate of drug-likeness (QED) is 0.0393. The number of fused-ring (bicyclic) bond motifs is 3. The summed E-state index contributed by atoms with van der Waals surface area (Å²) in [6, 6.07) is 12.6. The van der Waals surface area contributed by atoms with Gasteiger partial charge in [-0.1, -0.05) is 189 Å². The number of rotatable bonds is 22. The van der Waals surface area contributed by atoms with Gasteiger partial charge in [0, 0.05) is 69.5 Å². The lowest BCUT2D eigenvalue weighted by Gasteiger charge is -2.32. The lowest BCUT2D eigenvalue weighted by molar-refractivity contribution is 0.0598. The second-order valence-electron chi connectivity index (χ2n) is 23.1. The Morgan fingerprint density at radius 1 is 0.458 bits per heavy atom. The second-order valence-corrected chi connectivity index (χ2v) is 23.1. The molecule has 72 heavy (non-hydrogen) atoms. The summed E-state index contributed by atoms with van der Waals surface area (Å²) in [5.41, 5.74) is 8.24. The molecule has 0 spiro atoms. The average Bonchev–Trinajstić information content (AvgIpc) is 3.66. The molecule has 5 aromatic rings. The van der Waals surface area contributed by atoms with Crippen LogP contribution in [0.15, 0.2) is 36.4 Å². The second kappa shape index (κ2) is 23.5. The molecule has 0 bridgehead atoms. The third kappa shape index (κ3) is 11.4. The van der Waals surface area contributed by atoms with Crippen LogP contribution in [0.25, 0.3) is 32.6 Å². The van der Waals surface area contributed by atoms with Gasteiger partial charge in [-0.25, -0.2) is 0 Å². The Labute approximate surface area is 432 Å². The van der Waals surface area contributed by atoms with Crippen molar-refractivity contribution in [2.75, 3.05) is 13.6 Å². The van der Waals surface area contributed by atoms with Crippen LogP contribution in [0.2, 0.25) is 0 Å². The van der Waals surface area contributed by atoms with Crippen molar-refractivity contribution in [1.82, 2.24) is 14.4 Å². The van der Waals surface area contributed by atoms with Crippen LogP contribution in [0.4, 0.5) is 0 Å². The van der Waals surface area contributed by atoms with Gasteiger partial charge in [0.1, 0.15) is 0 Å². The van der Waals surface area contributed by atoms with Crippen LogP contribution in [0, 0.1) is 30.6 Å². The fourth-order valence-electron chi connectivity index (χ4n) is 11.2. The van der Waals surface area contributed by atoms with Crippen LogP contribution in [0.5, 0.6) is 0 Å². The minimum absolute atomic E-state index is 0.117. The zero-order chi connectivity index (χ0) is 51.9. The number of hydrogen-bond donors (Lipinski definition) is 0. The predicted octanol–water partition coefficient (Wildman–Crippen LogP) is 16.3. The summed E-state index contributed by atoms with van der Waals surface area (Å²) in [6.45, 7) is 22.7. The number of hydrogen-bond acceptors (Lipinski definition) is 4. The first-order chi connectivity index (χ1) is 34.4. The Hall–Kier alpha value is -5.66. The van der Waals surface area contributed by atoms with Crippen LogP contribution in [-0.2, 0) is 17.4 Å². The molecule has 2 aliphatic heterocycles. The van der Waals surface area contributed by atoms with Gasteiger partial charge < -0.3 is 4.57 Å². The Balaban J connectivity index is 1.34. The van der Waals surface area contributed by atoms with Crippen molar-refractivity contribution in [3.63, 3.8) is 0 Å². The summed E-state index contributed by atoms with van der Waals surface area (Å²) >= 11 is 0. The molecule has 0 N–H and O–H groups in total. The van der Waals surface area contributed by atoms with Gasteiger partial charge in [-0.3, -0.25) is 29.0 Å². The summed E-state index contributed by atoms with van der Waals surface area (Å²) in [5, 5.41) is 3.02. The van der Waals surface area contributed by atoms with Gasteiger partial charge in [0.2, 0.25) is 0 Å². The first-order valence-electron chi connectivity index (χ1n) is 27.9. The van der Waals surface area contributed by atoms with Gasteiger partial charge in [-0.05, 0) is 90.6 Å². The predicted molar refractivity (Wildman–Crippen MR) is 300 cm³/mol. The van der Waals surface area contributed by atoms with E-state index in [1.807, 2.05) is 13.8 Å². The fraction of sp³-hybridized carbons (Fsp3) is 0.538. The molecule has 0 aliphatic carbocycles. The van der Waals surface area contributed by atoms with E-state index in [9.17, 15) is 19.2 Å². The normalized spacial score (nSPS) is 13.7. The zero-order valence-corrected chi connectivity index (χ0v) is 46.0. The minimum atomic E-state index is -0.495. The van der Waals surface area contributed by atoms with Gasteiger partial charge in [-0.2, -0.15) is 0 Å². The summed E-state index contributed by atoms with van der Waals surface area (Å²) in [7, 11) is 1.49. The van der Waals surface area contributed by atoms with E-state index < -0.39 is 17.7 Å². The molecule has 0 fully saturated rings. The third-order valence-electron chi connectivity index (χ3n) is 15.4. The largest absolute Gasteiger partial charge is 0.338 e. The molecule has 0 saturated heterocycles. The molecule has 0 unspecified atom stereocenters. The summed E-state index contributed by atoms with van der Waals surface area (Å²) in [5.74, 6) is 12.1. The van der Waals surface area contributed by atoms with Crippen LogP contribution in [0.1, 0.15) is 266 Å².